The fraction of sp³-hybridized carbons (Fsp3) is 1.00. The lowest BCUT2D eigenvalue weighted by Crippen LogP contribution is -2.41. The molecule has 0 aliphatic carbocycles. The Morgan fingerprint density at radius 2 is 2.07 bits per heavy atom. The Bertz CT molecular complexity index is 159. The lowest BCUT2D eigenvalue weighted by atomic mass is 9.99. The number of piperidine rings is 1. The van der Waals surface area contributed by atoms with E-state index in [1.165, 1.54) is 58.0 Å². The molecule has 1 rings (SSSR count). The van der Waals surface area contributed by atoms with Gasteiger partial charge >= 0.3 is 0 Å². The van der Waals surface area contributed by atoms with E-state index in [1.54, 1.807) is 0 Å². The Hall–Kier alpha value is -0.0800. The molecule has 0 spiro atoms. The van der Waals surface area contributed by atoms with Gasteiger partial charge in [-0.1, -0.05) is 26.7 Å². The molecule has 2 heteroatoms. The van der Waals surface area contributed by atoms with Crippen molar-refractivity contribution < 1.29 is 0 Å². The lowest BCUT2D eigenvalue weighted by molar-refractivity contribution is 0.139. The third kappa shape index (κ3) is 4.52. The van der Waals surface area contributed by atoms with Crippen molar-refractivity contribution in [3.63, 3.8) is 0 Å². The van der Waals surface area contributed by atoms with Crippen molar-refractivity contribution in [3.05, 3.63) is 0 Å². The van der Waals surface area contributed by atoms with E-state index in [9.17, 15) is 0 Å². The van der Waals surface area contributed by atoms with Gasteiger partial charge in [0, 0.05) is 12.1 Å². The molecule has 1 fully saturated rings. The maximum atomic E-state index is 6.06. The van der Waals surface area contributed by atoms with Crippen molar-refractivity contribution >= 4 is 0 Å². The molecular formula is C13H28N2. The quantitative estimate of drug-likeness (QED) is 0.733. The van der Waals surface area contributed by atoms with Crippen LogP contribution in [0.25, 0.3) is 0 Å². The number of rotatable bonds is 6. The van der Waals surface area contributed by atoms with Crippen molar-refractivity contribution in [3.8, 4) is 0 Å². The van der Waals surface area contributed by atoms with Gasteiger partial charge in [0.1, 0.15) is 0 Å². The van der Waals surface area contributed by atoms with Crippen molar-refractivity contribution in [1.29, 1.82) is 0 Å². The SMILES string of the molecule is CCCC(N)CCN1CCCCC1CC. The highest BCUT2D eigenvalue weighted by molar-refractivity contribution is 4.77. The maximum absolute atomic E-state index is 6.06. The second-order valence-electron chi connectivity index (χ2n) is 4.93. The largest absolute Gasteiger partial charge is 0.328 e. The molecule has 0 amide bonds. The molecule has 0 aromatic heterocycles. The summed E-state index contributed by atoms with van der Waals surface area (Å²) < 4.78 is 0. The van der Waals surface area contributed by atoms with Crippen LogP contribution in [0.2, 0.25) is 0 Å². The molecule has 2 atom stereocenters. The monoisotopic (exact) mass is 212 g/mol. The van der Waals surface area contributed by atoms with Crippen LogP contribution >= 0.6 is 0 Å². The molecule has 2 unspecified atom stereocenters. The molecule has 2 nitrogen and oxygen atoms in total. The van der Waals surface area contributed by atoms with E-state index in [1.807, 2.05) is 0 Å². The Labute approximate surface area is 95.2 Å². The summed E-state index contributed by atoms with van der Waals surface area (Å²) in [5, 5.41) is 0. The van der Waals surface area contributed by atoms with Gasteiger partial charge in [0.05, 0.1) is 0 Å². The Morgan fingerprint density at radius 3 is 2.73 bits per heavy atom. The summed E-state index contributed by atoms with van der Waals surface area (Å²) in [5.74, 6) is 0. The number of likely N-dealkylation sites (tertiary alicyclic amines) is 1. The number of hydrogen-bond donors (Lipinski definition) is 1. The molecule has 15 heavy (non-hydrogen) atoms. The van der Waals surface area contributed by atoms with Crippen LogP contribution in [0.5, 0.6) is 0 Å². The zero-order valence-electron chi connectivity index (χ0n) is 10.5. The fourth-order valence-corrected chi connectivity index (χ4v) is 2.66. The van der Waals surface area contributed by atoms with Crippen molar-refractivity contribution in [1.82, 2.24) is 4.90 Å². The first-order valence-corrected chi connectivity index (χ1v) is 6.77. The smallest absolute Gasteiger partial charge is 0.00926 e. The summed E-state index contributed by atoms with van der Waals surface area (Å²) in [6, 6.07) is 1.27. The highest BCUT2D eigenvalue weighted by atomic mass is 15.2. The van der Waals surface area contributed by atoms with Crippen molar-refractivity contribution in [2.45, 2.75) is 70.9 Å². The van der Waals surface area contributed by atoms with Crippen LogP contribution in [0.15, 0.2) is 0 Å². The summed E-state index contributed by atoms with van der Waals surface area (Å²) in [6.45, 7) is 7.06. The van der Waals surface area contributed by atoms with E-state index in [4.69, 9.17) is 5.73 Å². The van der Waals surface area contributed by atoms with Gasteiger partial charge in [-0.15, -0.1) is 0 Å². The van der Waals surface area contributed by atoms with E-state index >= 15 is 0 Å². The van der Waals surface area contributed by atoms with Gasteiger partial charge in [-0.25, -0.2) is 0 Å². The second-order valence-corrected chi connectivity index (χ2v) is 4.93. The highest BCUT2D eigenvalue weighted by Crippen LogP contribution is 2.19. The maximum Gasteiger partial charge on any atom is 0.00926 e. The summed E-state index contributed by atoms with van der Waals surface area (Å²) in [6.07, 6.45) is 9.12. The molecule has 1 saturated heterocycles. The van der Waals surface area contributed by atoms with E-state index in [0.29, 0.717) is 6.04 Å². The second kappa shape index (κ2) is 7.24. The first-order valence-electron chi connectivity index (χ1n) is 6.77. The van der Waals surface area contributed by atoms with Crippen LogP contribution in [0, 0.1) is 0 Å². The molecule has 1 aliphatic heterocycles. The van der Waals surface area contributed by atoms with Crippen LogP contribution in [-0.4, -0.2) is 30.1 Å². The minimum Gasteiger partial charge on any atom is -0.328 e. The van der Waals surface area contributed by atoms with E-state index in [0.717, 1.165) is 6.04 Å². The Kier molecular flexibility index (Phi) is 6.26. The summed E-state index contributed by atoms with van der Waals surface area (Å²) in [7, 11) is 0. The molecular weight excluding hydrogens is 184 g/mol. The van der Waals surface area contributed by atoms with Crippen LogP contribution in [0.1, 0.15) is 58.8 Å². The lowest BCUT2D eigenvalue weighted by Gasteiger charge is -2.35. The highest BCUT2D eigenvalue weighted by Gasteiger charge is 2.20. The summed E-state index contributed by atoms with van der Waals surface area (Å²) in [5.41, 5.74) is 6.06. The number of nitrogens with two attached hydrogens (primary N) is 1. The average Bonchev–Trinajstić information content (AvgIpc) is 2.27. The van der Waals surface area contributed by atoms with Gasteiger partial charge in [-0.2, -0.15) is 0 Å². The molecule has 0 radical (unpaired) electrons. The zero-order valence-corrected chi connectivity index (χ0v) is 10.5. The van der Waals surface area contributed by atoms with Gasteiger partial charge in [-0.05, 0) is 45.2 Å². The Balaban J connectivity index is 2.22. The van der Waals surface area contributed by atoms with Gasteiger partial charge in [0.15, 0.2) is 0 Å². The van der Waals surface area contributed by atoms with Crippen LogP contribution in [0.3, 0.4) is 0 Å². The molecule has 1 heterocycles. The number of hydrogen-bond acceptors (Lipinski definition) is 2. The van der Waals surface area contributed by atoms with Crippen molar-refractivity contribution in [2.75, 3.05) is 13.1 Å². The third-order valence-corrected chi connectivity index (χ3v) is 3.67. The minimum absolute atomic E-state index is 0.425. The van der Waals surface area contributed by atoms with Gasteiger partial charge in [0.2, 0.25) is 0 Å². The van der Waals surface area contributed by atoms with Crippen LogP contribution in [0.4, 0.5) is 0 Å². The average molecular weight is 212 g/mol. The molecule has 0 aromatic carbocycles. The first kappa shape index (κ1) is 13.0. The van der Waals surface area contributed by atoms with Gasteiger partial charge in [0.25, 0.3) is 0 Å². The van der Waals surface area contributed by atoms with Crippen molar-refractivity contribution in [2.24, 2.45) is 5.73 Å². The molecule has 0 saturated carbocycles. The molecule has 90 valence electrons. The summed E-state index contributed by atoms with van der Waals surface area (Å²) in [4.78, 5) is 2.67. The Morgan fingerprint density at radius 1 is 1.27 bits per heavy atom. The normalized spacial score (nSPS) is 25.4. The summed E-state index contributed by atoms with van der Waals surface area (Å²) >= 11 is 0. The van der Waals surface area contributed by atoms with Gasteiger partial charge < -0.3 is 10.6 Å². The standard InChI is InChI=1S/C13H28N2/c1-3-7-12(14)9-11-15-10-6-5-8-13(15)4-2/h12-13H,3-11,14H2,1-2H3. The van der Waals surface area contributed by atoms with E-state index in [-0.39, 0.29) is 0 Å². The predicted molar refractivity (Wildman–Crippen MR) is 67.0 cm³/mol. The molecule has 0 bridgehead atoms. The van der Waals surface area contributed by atoms with E-state index in [2.05, 4.69) is 18.7 Å². The zero-order chi connectivity index (χ0) is 11.1. The van der Waals surface area contributed by atoms with Gasteiger partial charge in [-0.3, -0.25) is 0 Å². The molecule has 1 aliphatic rings. The molecule has 0 aromatic rings. The molecule has 2 N–H and O–H groups in total. The fourth-order valence-electron chi connectivity index (χ4n) is 2.66. The van der Waals surface area contributed by atoms with E-state index < -0.39 is 0 Å². The minimum atomic E-state index is 0.425. The van der Waals surface area contributed by atoms with Crippen LogP contribution in [-0.2, 0) is 0 Å². The number of nitrogens with zero attached hydrogens (tertiary/aromatic N) is 1. The third-order valence-electron chi connectivity index (χ3n) is 3.67. The van der Waals surface area contributed by atoms with Crippen LogP contribution < -0.4 is 5.73 Å². The first-order chi connectivity index (χ1) is 7.27. The predicted octanol–water partition coefficient (Wildman–Crippen LogP) is 2.77. The topological polar surface area (TPSA) is 29.3 Å².